The normalized spacial score (nSPS) is 16.2. The number of carbonyl (C=O) groups excluding carboxylic acids is 1. The third kappa shape index (κ3) is 1.78. The highest BCUT2D eigenvalue weighted by molar-refractivity contribution is 6.07. The van der Waals surface area contributed by atoms with E-state index in [0.717, 1.165) is 22.0 Å². The molecule has 1 aromatic carbocycles. The average Bonchev–Trinajstić information content (AvgIpc) is 2.84. The van der Waals surface area contributed by atoms with Gasteiger partial charge in [0.25, 0.3) is 5.91 Å². The number of morpholine rings is 1. The minimum Gasteiger partial charge on any atom is -0.378 e. The summed E-state index contributed by atoms with van der Waals surface area (Å²) in [5.41, 5.74) is 2.97. The first-order valence-corrected chi connectivity index (χ1v) is 6.21. The molecular weight excluding hydrogens is 228 g/mol. The molecule has 0 unspecified atom stereocenters. The predicted molar refractivity (Wildman–Crippen MR) is 69.8 cm³/mol. The van der Waals surface area contributed by atoms with Gasteiger partial charge in [-0.1, -0.05) is 18.2 Å². The number of aryl methyl sites for hydroxylation is 1. The Balaban J connectivity index is 1.98. The van der Waals surface area contributed by atoms with Crippen LogP contribution in [-0.2, 0) is 4.74 Å². The lowest BCUT2D eigenvalue weighted by molar-refractivity contribution is 0.0304. The molecule has 1 saturated heterocycles. The third-order valence-electron chi connectivity index (χ3n) is 3.45. The average molecular weight is 244 g/mol. The van der Waals surface area contributed by atoms with E-state index >= 15 is 0 Å². The fourth-order valence-electron chi connectivity index (χ4n) is 2.42. The molecule has 0 aliphatic carbocycles. The van der Waals surface area contributed by atoms with Crippen LogP contribution >= 0.6 is 0 Å². The second kappa shape index (κ2) is 4.46. The smallest absolute Gasteiger partial charge is 0.256 e. The Morgan fingerprint density at radius 3 is 2.89 bits per heavy atom. The molecule has 0 bridgehead atoms. The summed E-state index contributed by atoms with van der Waals surface area (Å²) >= 11 is 0. The summed E-state index contributed by atoms with van der Waals surface area (Å²) in [5, 5.41) is 1.01. The van der Waals surface area contributed by atoms with Gasteiger partial charge in [0.2, 0.25) is 0 Å². The van der Waals surface area contributed by atoms with Gasteiger partial charge in [0.05, 0.1) is 18.8 Å². The van der Waals surface area contributed by atoms with E-state index < -0.39 is 0 Å². The lowest BCUT2D eigenvalue weighted by Gasteiger charge is -2.26. The number of benzene rings is 1. The molecule has 18 heavy (non-hydrogen) atoms. The number of amides is 1. The van der Waals surface area contributed by atoms with E-state index in [0.29, 0.717) is 26.3 Å². The SMILES string of the molecule is Cc1cccc2c(C(=O)N3CCOCC3)c[nH]c12. The monoisotopic (exact) mass is 244 g/mol. The van der Waals surface area contributed by atoms with Crippen molar-refractivity contribution in [3.8, 4) is 0 Å². The molecular formula is C14H16N2O2. The summed E-state index contributed by atoms with van der Waals surface area (Å²) in [4.78, 5) is 17.5. The van der Waals surface area contributed by atoms with Gasteiger partial charge in [-0.3, -0.25) is 4.79 Å². The second-order valence-electron chi connectivity index (χ2n) is 4.60. The van der Waals surface area contributed by atoms with Gasteiger partial charge >= 0.3 is 0 Å². The summed E-state index contributed by atoms with van der Waals surface area (Å²) in [6, 6.07) is 6.02. The van der Waals surface area contributed by atoms with Gasteiger partial charge in [0, 0.05) is 30.2 Å². The van der Waals surface area contributed by atoms with Gasteiger partial charge in [-0.05, 0) is 12.5 Å². The van der Waals surface area contributed by atoms with Crippen LogP contribution in [0.4, 0.5) is 0 Å². The largest absolute Gasteiger partial charge is 0.378 e. The molecule has 3 rings (SSSR count). The maximum Gasteiger partial charge on any atom is 0.256 e. The predicted octanol–water partition coefficient (Wildman–Crippen LogP) is 1.95. The highest BCUT2D eigenvalue weighted by Crippen LogP contribution is 2.22. The number of H-pyrrole nitrogens is 1. The summed E-state index contributed by atoms with van der Waals surface area (Å²) in [6.45, 7) is 4.66. The molecule has 2 aromatic rings. The minimum atomic E-state index is 0.0927. The fourth-order valence-corrected chi connectivity index (χ4v) is 2.42. The van der Waals surface area contributed by atoms with Crippen molar-refractivity contribution in [2.75, 3.05) is 26.3 Å². The Morgan fingerprint density at radius 2 is 2.11 bits per heavy atom. The number of aromatic nitrogens is 1. The first-order valence-electron chi connectivity index (χ1n) is 6.21. The van der Waals surface area contributed by atoms with Crippen LogP contribution in [0.2, 0.25) is 0 Å². The quantitative estimate of drug-likeness (QED) is 0.833. The van der Waals surface area contributed by atoms with Crippen LogP contribution in [0, 0.1) is 6.92 Å². The molecule has 1 aliphatic rings. The molecule has 0 spiro atoms. The molecule has 2 heterocycles. The zero-order valence-electron chi connectivity index (χ0n) is 10.4. The lowest BCUT2D eigenvalue weighted by atomic mass is 10.1. The Labute approximate surface area is 106 Å². The number of carbonyl (C=O) groups is 1. The molecule has 4 nitrogen and oxygen atoms in total. The molecule has 1 fully saturated rings. The highest BCUT2D eigenvalue weighted by atomic mass is 16.5. The van der Waals surface area contributed by atoms with Crippen LogP contribution in [-0.4, -0.2) is 42.1 Å². The first kappa shape index (κ1) is 11.3. The van der Waals surface area contributed by atoms with Crippen molar-refractivity contribution in [3.05, 3.63) is 35.5 Å². The molecule has 0 atom stereocenters. The molecule has 1 aromatic heterocycles. The van der Waals surface area contributed by atoms with Crippen LogP contribution in [0.15, 0.2) is 24.4 Å². The van der Waals surface area contributed by atoms with Crippen molar-refractivity contribution in [2.24, 2.45) is 0 Å². The Kier molecular flexibility index (Phi) is 2.80. The maximum absolute atomic E-state index is 12.4. The Bertz CT molecular complexity index is 582. The lowest BCUT2D eigenvalue weighted by Crippen LogP contribution is -2.40. The zero-order chi connectivity index (χ0) is 12.5. The number of nitrogens with one attached hydrogen (secondary N) is 1. The zero-order valence-corrected chi connectivity index (χ0v) is 10.4. The molecule has 1 N–H and O–H groups in total. The number of nitrogens with zero attached hydrogens (tertiary/aromatic N) is 1. The summed E-state index contributed by atoms with van der Waals surface area (Å²) in [7, 11) is 0. The van der Waals surface area contributed by atoms with Gasteiger partial charge in [-0.15, -0.1) is 0 Å². The molecule has 1 amide bonds. The van der Waals surface area contributed by atoms with E-state index in [9.17, 15) is 4.79 Å². The summed E-state index contributed by atoms with van der Waals surface area (Å²) < 4.78 is 5.27. The number of fused-ring (bicyclic) bond motifs is 1. The first-order chi connectivity index (χ1) is 8.77. The van der Waals surface area contributed by atoms with Crippen molar-refractivity contribution >= 4 is 16.8 Å². The van der Waals surface area contributed by atoms with Crippen molar-refractivity contribution in [2.45, 2.75) is 6.92 Å². The van der Waals surface area contributed by atoms with Crippen molar-refractivity contribution in [1.82, 2.24) is 9.88 Å². The van der Waals surface area contributed by atoms with E-state index in [1.165, 1.54) is 0 Å². The number of hydrogen-bond acceptors (Lipinski definition) is 2. The molecule has 0 saturated carbocycles. The third-order valence-corrected chi connectivity index (χ3v) is 3.45. The minimum absolute atomic E-state index is 0.0927. The summed E-state index contributed by atoms with van der Waals surface area (Å²) in [5.74, 6) is 0.0927. The number of rotatable bonds is 1. The van der Waals surface area contributed by atoms with Crippen molar-refractivity contribution in [3.63, 3.8) is 0 Å². The highest BCUT2D eigenvalue weighted by Gasteiger charge is 2.21. The standard InChI is InChI=1S/C14H16N2O2/c1-10-3-2-4-11-12(9-15-13(10)11)14(17)16-5-7-18-8-6-16/h2-4,9,15H,5-8H2,1H3. The van der Waals surface area contributed by atoms with Gasteiger partial charge in [0.1, 0.15) is 0 Å². The van der Waals surface area contributed by atoms with Crippen LogP contribution in [0.25, 0.3) is 10.9 Å². The van der Waals surface area contributed by atoms with E-state index in [2.05, 4.69) is 4.98 Å². The van der Waals surface area contributed by atoms with Gasteiger partial charge in [-0.2, -0.15) is 0 Å². The molecule has 1 aliphatic heterocycles. The number of ether oxygens (including phenoxy) is 1. The summed E-state index contributed by atoms with van der Waals surface area (Å²) in [6.07, 6.45) is 1.81. The van der Waals surface area contributed by atoms with Crippen LogP contribution < -0.4 is 0 Å². The van der Waals surface area contributed by atoms with Crippen LogP contribution in [0.3, 0.4) is 0 Å². The number of para-hydroxylation sites is 1. The Morgan fingerprint density at radius 1 is 1.33 bits per heavy atom. The second-order valence-corrected chi connectivity index (χ2v) is 4.60. The molecule has 94 valence electrons. The van der Waals surface area contributed by atoms with E-state index in [1.54, 1.807) is 0 Å². The number of aromatic amines is 1. The van der Waals surface area contributed by atoms with E-state index in [4.69, 9.17) is 4.74 Å². The Hall–Kier alpha value is -1.81. The van der Waals surface area contributed by atoms with Gasteiger partial charge < -0.3 is 14.6 Å². The van der Waals surface area contributed by atoms with E-state index in [1.807, 2.05) is 36.2 Å². The van der Waals surface area contributed by atoms with Crippen molar-refractivity contribution in [1.29, 1.82) is 0 Å². The molecule has 0 radical (unpaired) electrons. The van der Waals surface area contributed by atoms with E-state index in [-0.39, 0.29) is 5.91 Å². The van der Waals surface area contributed by atoms with Crippen LogP contribution in [0.5, 0.6) is 0 Å². The fraction of sp³-hybridized carbons (Fsp3) is 0.357. The maximum atomic E-state index is 12.4. The van der Waals surface area contributed by atoms with Crippen LogP contribution in [0.1, 0.15) is 15.9 Å². The van der Waals surface area contributed by atoms with Crippen molar-refractivity contribution < 1.29 is 9.53 Å². The van der Waals surface area contributed by atoms with Gasteiger partial charge in [-0.25, -0.2) is 0 Å². The number of hydrogen-bond donors (Lipinski definition) is 1. The topological polar surface area (TPSA) is 45.3 Å². The van der Waals surface area contributed by atoms with Gasteiger partial charge in [0.15, 0.2) is 0 Å². The molecule has 4 heteroatoms.